The summed E-state index contributed by atoms with van der Waals surface area (Å²) in [4.78, 5) is 0. The minimum absolute atomic E-state index is 0.203. The molecule has 0 aliphatic carbocycles. The Balaban J connectivity index is 2.85. The minimum atomic E-state index is -0.371. The maximum atomic E-state index is 13.9. The Labute approximate surface area is 96.3 Å². The molecule has 1 unspecified atom stereocenters. The van der Waals surface area contributed by atoms with Gasteiger partial charge in [0, 0.05) is 11.3 Å². The zero-order valence-electron chi connectivity index (χ0n) is 9.96. The first kappa shape index (κ1) is 13.0. The van der Waals surface area contributed by atoms with Gasteiger partial charge in [-0.2, -0.15) is 0 Å². The van der Waals surface area contributed by atoms with Gasteiger partial charge in [-0.05, 0) is 37.3 Å². The Morgan fingerprint density at radius 1 is 1.38 bits per heavy atom. The maximum absolute atomic E-state index is 13.9. The van der Waals surface area contributed by atoms with E-state index in [4.69, 9.17) is 5.73 Å². The predicted molar refractivity (Wildman–Crippen MR) is 64.8 cm³/mol. The molecule has 0 saturated heterocycles. The fourth-order valence-corrected chi connectivity index (χ4v) is 1.73. The molecular formula is C13H20FNO. The highest BCUT2D eigenvalue weighted by atomic mass is 19.1. The number of nitrogen functional groups attached to an aromatic ring is 1. The molecule has 0 fully saturated rings. The van der Waals surface area contributed by atoms with Crippen molar-refractivity contribution in [2.45, 2.75) is 45.6 Å². The van der Waals surface area contributed by atoms with Crippen LogP contribution in [0.3, 0.4) is 0 Å². The second-order valence-corrected chi connectivity index (χ2v) is 4.06. The van der Waals surface area contributed by atoms with Gasteiger partial charge in [-0.15, -0.1) is 0 Å². The standard InChI is InChI=1S/C13H20FNO/c1-3-9-5-8-12(15)11(13(9)14)7-6-10(16)4-2/h5,8,10,16H,3-4,6-7,15H2,1-2H3. The van der Waals surface area contributed by atoms with Crippen molar-refractivity contribution in [3.05, 3.63) is 29.1 Å². The van der Waals surface area contributed by atoms with Gasteiger partial charge in [0.1, 0.15) is 5.82 Å². The van der Waals surface area contributed by atoms with Gasteiger partial charge in [-0.25, -0.2) is 4.39 Å². The minimum Gasteiger partial charge on any atom is -0.398 e. The van der Waals surface area contributed by atoms with Crippen LogP contribution in [0.2, 0.25) is 0 Å². The van der Waals surface area contributed by atoms with Crippen molar-refractivity contribution in [1.82, 2.24) is 0 Å². The van der Waals surface area contributed by atoms with Gasteiger partial charge < -0.3 is 10.8 Å². The van der Waals surface area contributed by atoms with E-state index in [1.807, 2.05) is 13.8 Å². The highest BCUT2D eigenvalue weighted by Crippen LogP contribution is 2.22. The number of hydrogen-bond donors (Lipinski definition) is 2. The zero-order valence-corrected chi connectivity index (χ0v) is 9.96. The molecule has 0 amide bonds. The first-order chi connectivity index (χ1) is 7.60. The molecule has 3 heteroatoms. The van der Waals surface area contributed by atoms with Crippen LogP contribution >= 0.6 is 0 Å². The van der Waals surface area contributed by atoms with Crippen LogP contribution in [-0.2, 0) is 12.8 Å². The van der Waals surface area contributed by atoms with Crippen LogP contribution < -0.4 is 5.73 Å². The number of nitrogens with two attached hydrogens (primary N) is 1. The lowest BCUT2D eigenvalue weighted by Gasteiger charge is -2.12. The van der Waals surface area contributed by atoms with Gasteiger partial charge in [0.05, 0.1) is 6.10 Å². The largest absolute Gasteiger partial charge is 0.398 e. The van der Waals surface area contributed by atoms with E-state index in [-0.39, 0.29) is 11.9 Å². The average Bonchev–Trinajstić information content (AvgIpc) is 2.28. The zero-order chi connectivity index (χ0) is 12.1. The Hall–Kier alpha value is -1.09. The summed E-state index contributed by atoms with van der Waals surface area (Å²) in [5.41, 5.74) is 7.47. The Bertz CT molecular complexity index is 352. The van der Waals surface area contributed by atoms with Gasteiger partial charge in [0.2, 0.25) is 0 Å². The van der Waals surface area contributed by atoms with Gasteiger partial charge >= 0.3 is 0 Å². The molecule has 0 spiro atoms. The molecule has 90 valence electrons. The molecule has 3 N–H and O–H groups in total. The van der Waals surface area contributed by atoms with Crippen LogP contribution in [0.5, 0.6) is 0 Å². The molecule has 0 heterocycles. The van der Waals surface area contributed by atoms with E-state index in [9.17, 15) is 9.50 Å². The molecular weight excluding hydrogens is 205 g/mol. The van der Waals surface area contributed by atoms with E-state index in [2.05, 4.69) is 0 Å². The molecule has 0 aliphatic rings. The van der Waals surface area contributed by atoms with Crippen molar-refractivity contribution in [3.63, 3.8) is 0 Å². The third-order valence-corrected chi connectivity index (χ3v) is 2.94. The van der Waals surface area contributed by atoms with Crippen LogP contribution in [0.15, 0.2) is 12.1 Å². The summed E-state index contributed by atoms with van der Waals surface area (Å²) >= 11 is 0. The lowest BCUT2D eigenvalue weighted by molar-refractivity contribution is 0.160. The van der Waals surface area contributed by atoms with Gasteiger partial charge in [0.25, 0.3) is 0 Å². The van der Waals surface area contributed by atoms with Crippen molar-refractivity contribution in [1.29, 1.82) is 0 Å². The van der Waals surface area contributed by atoms with Crippen molar-refractivity contribution < 1.29 is 9.50 Å². The van der Waals surface area contributed by atoms with E-state index in [1.54, 1.807) is 12.1 Å². The molecule has 1 aromatic carbocycles. The molecule has 0 bridgehead atoms. The second kappa shape index (κ2) is 5.85. The molecule has 0 aromatic heterocycles. The van der Waals surface area contributed by atoms with Gasteiger partial charge in [-0.3, -0.25) is 0 Å². The highest BCUT2D eigenvalue weighted by molar-refractivity contribution is 5.49. The van der Waals surface area contributed by atoms with Crippen LogP contribution in [-0.4, -0.2) is 11.2 Å². The number of anilines is 1. The maximum Gasteiger partial charge on any atom is 0.131 e. The predicted octanol–water partition coefficient (Wildman–Crippen LogP) is 2.67. The molecule has 1 aromatic rings. The number of benzene rings is 1. The SMILES string of the molecule is CCc1ccc(N)c(CCC(O)CC)c1F. The molecule has 0 aliphatic heterocycles. The van der Waals surface area contributed by atoms with Crippen LogP contribution in [0.25, 0.3) is 0 Å². The number of aliphatic hydroxyl groups excluding tert-OH is 1. The van der Waals surface area contributed by atoms with Gasteiger partial charge in [-0.1, -0.05) is 19.9 Å². The van der Waals surface area contributed by atoms with Crippen LogP contribution in [0.1, 0.15) is 37.8 Å². The normalized spacial score (nSPS) is 12.8. The molecule has 16 heavy (non-hydrogen) atoms. The highest BCUT2D eigenvalue weighted by Gasteiger charge is 2.12. The topological polar surface area (TPSA) is 46.2 Å². The van der Waals surface area contributed by atoms with E-state index in [0.717, 1.165) is 0 Å². The number of hydrogen-bond acceptors (Lipinski definition) is 2. The fourth-order valence-electron chi connectivity index (χ4n) is 1.73. The van der Waals surface area contributed by atoms with E-state index < -0.39 is 0 Å². The summed E-state index contributed by atoms with van der Waals surface area (Å²) < 4.78 is 13.9. The lowest BCUT2D eigenvalue weighted by Crippen LogP contribution is -2.09. The summed E-state index contributed by atoms with van der Waals surface area (Å²) in [5.74, 6) is -0.203. The van der Waals surface area contributed by atoms with E-state index in [0.29, 0.717) is 42.5 Å². The summed E-state index contributed by atoms with van der Waals surface area (Å²) in [6.45, 7) is 3.83. The van der Waals surface area contributed by atoms with Crippen molar-refractivity contribution in [2.75, 3.05) is 5.73 Å². The summed E-state index contributed by atoms with van der Waals surface area (Å²) in [7, 11) is 0. The van der Waals surface area contributed by atoms with Crippen molar-refractivity contribution in [2.24, 2.45) is 0 Å². The molecule has 1 atom stereocenters. The monoisotopic (exact) mass is 225 g/mol. The average molecular weight is 225 g/mol. The van der Waals surface area contributed by atoms with Crippen molar-refractivity contribution in [3.8, 4) is 0 Å². The summed E-state index contributed by atoms with van der Waals surface area (Å²) in [6, 6.07) is 3.47. The number of aliphatic hydroxyl groups is 1. The van der Waals surface area contributed by atoms with Crippen molar-refractivity contribution >= 4 is 5.69 Å². The fraction of sp³-hybridized carbons (Fsp3) is 0.538. The quantitative estimate of drug-likeness (QED) is 0.757. The van der Waals surface area contributed by atoms with Crippen LogP contribution in [0, 0.1) is 5.82 Å². The molecule has 0 saturated carbocycles. The smallest absolute Gasteiger partial charge is 0.131 e. The third kappa shape index (κ3) is 2.95. The molecule has 0 radical (unpaired) electrons. The first-order valence-corrected chi connectivity index (χ1v) is 5.83. The summed E-state index contributed by atoms with van der Waals surface area (Å²) in [5, 5.41) is 9.46. The molecule has 2 nitrogen and oxygen atoms in total. The van der Waals surface area contributed by atoms with E-state index >= 15 is 0 Å². The number of aryl methyl sites for hydroxylation is 1. The first-order valence-electron chi connectivity index (χ1n) is 5.83. The summed E-state index contributed by atoms with van der Waals surface area (Å²) in [6.07, 6.45) is 2.04. The third-order valence-electron chi connectivity index (χ3n) is 2.94. The van der Waals surface area contributed by atoms with Gasteiger partial charge in [0.15, 0.2) is 0 Å². The Morgan fingerprint density at radius 2 is 2.06 bits per heavy atom. The second-order valence-electron chi connectivity index (χ2n) is 4.06. The van der Waals surface area contributed by atoms with E-state index in [1.165, 1.54) is 0 Å². The Kier molecular flexibility index (Phi) is 4.74. The number of rotatable bonds is 5. The van der Waals surface area contributed by atoms with Crippen LogP contribution in [0.4, 0.5) is 10.1 Å². The molecule has 1 rings (SSSR count). The number of halogens is 1. The lowest BCUT2D eigenvalue weighted by atomic mass is 9.99. The Morgan fingerprint density at radius 3 is 2.62 bits per heavy atom.